The smallest absolute Gasteiger partial charge is 0.253 e. The number of amides is 2. The molecule has 0 heterocycles. The second-order valence-electron chi connectivity index (χ2n) is 5.05. The number of nitrogens with two attached hydrogens (primary N) is 1. The highest BCUT2D eigenvalue weighted by Crippen LogP contribution is 2.23. The van der Waals surface area contributed by atoms with Crippen LogP contribution in [0.2, 0.25) is 0 Å². The van der Waals surface area contributed by atoms with Crippen molar-refractivity contribution in [2.75, 3.05) is 31.3 Å². The molecule has 1 aromatic carbocycles. The molecule has 0 spiro atoms. The number of carbonyl (C=O) groups excluding carboxylic acids is 2. The number of hydrogen-bond acceptors (Lipinski definition) is 4. The molecular formula is C14H20N4O2. The fourth-order valence-electron chi connectivity index (χ4n) is 1.99. The SMILES string of the molecule is CNC(=O)c1ccc(N)cc1N(C)CC(=O)NC1CC1. The molecule has 0 aliphatic heterocycles. The summed E-state index contributed by atoms with van der Waals surface area (Å²) in [5, 5.41) is 5.50. The molecule has 1 saturated carbocycles. The van der Waals surface area contributed by atoms with E-state index in [0.717, 1.165) is 12.8 Å². The number of rotatable bonds is 5. The quantitative estimate of drug-likeness (QED) is 0.677. The van der Waals surface area contributed by atoms with Crippen LogP contribution in [-0.4, -0.2) is 38.5 Å². The first-order valence-corrected chi connectivity index (χ1v) is 6.63. The van der Waals surface area contributed by atoms with Crippen molar-refractivity contribution in [2.24, 2.45) is 0 Å². The lowest BCUT2D eigenvalue weighted by Crippen LogP contribution is -2.37. The maximum atomic E-state index is 11.8. The van der Waals surface area contributed by atoms with Gasteiger partial charge in [0.15, 0.2) is 0 Å². The molecule has 108 valence electrons. The van der Waals surface area contributed by atoms with E-state index >= 15 is 0 Å². The number of nitrogen functional groups attached to an aromatic ring is 1. The highest BCUT2D eigenvalue weighted by atomic mass is 16.2. The summed E-state index contributed by atoms with van der Waals surface area (Å²) in [6.45, 7) is 0.198. The van der Waals surface area contributed by atoms with E-state index in [4.69, 9.17) is 5.73 Å². The molecule has 4 N–H and O–H groups in total. The highest BCUT2D eigenvalue weighted by molar-refractivity contribution is 6.00. The number of likely N-dealkylation sites (N-methyl/N-ethyl adjacent to an activating group) is 1. The van der Waals surface area contributed by atoms with E-state index in [-0.39, 0.29) is 18.4 Å². The van der Waals surface area contributed by atoms with Crippen LogP contribution in [0.3, 0.4) is 0 Å². The zero-order valence-corrected chi connectivity index (χ0v) is 11.8. The van der Waals surface area contributed by atoms with Gasteiger partial charge in [-0.05, 0) is 31.0 Å². The Morgan fingerprint density at radius 3 is 2.70 bits per heavy atom. The van der Waals surface area contributed by atoms with Crippen LogP contribution in [0.5, 0.6) is 0 Å². The molecule has 6 heteroatoms. The van der Waals surface area contributed by atoms with Crippen molar-refractivity contribution in [1.82, 2.24) is 10.6 Å². The van der Waals surface area contributed by atoms with E-state index in [9.17, 15) is 9.59 Å². The fourth-order valence-corrected chi connectivity index (χ4v) is 1.99. The van der Waals surface area contributed by atoms with Crippen molar-refractivity contribution < 1.29 is 9.59 Å². The van der Waals surface area contributed by atoms with Gasteiger partial charge in [-0.25, -0.2) is 0 Å². The van der Waals surface area contributed by atoms with Crippen LogP contribution in [0.15, 0.2) is 18.2 Å². The predicted molar refractivity (Wildman–Crippen MR) is 78.7 cm³/mol. The number of benzene rings is 1. The first kappa shape index (κ1) is 14.2. The summed E-state index contributed by atoms with van der Waals surface area (Å²) in [4.78, 5) is 25.4. The van der Waals surface area contributed by atoms with Gasteiger partial charge in [0, 0.05) is 25.8 Å². The van der Waals surface area contributed by atoms with Gasteiger partial charge in [0.2, 0.25) is 5.91 Å². The van der Waals surface area contributed by atoms with Crippen LogP contribution in [0.4, 0.5) is 11.4 Å². The molecule has 0 aromatic heterocycles. The molecule has 1 aromatic rings. The number of nitrogens with zero attached hydrogens (tertiary/aromatic N) is 1. The average molecular weight is 276 g/mol. The van der Waals surface area contributed by atoms with Crippen molar-refractivity contribution in [2.45, 2.75) is 18.9 Å². The van der Waals surface area contributed by atoms with Gasteiger partial charge in [-0.2, -0.15) is 0 Å². The molecule has 20 heavy (non-hydrogen) atoms. The van der Waals surface area contributed by atoms with Gasteiger partial charge in [-0.15, -0.1) is 0 Å². The number of carbonyl (C=O) groups is 2. The van der Waals surface area contributed by atoms with E-state index < -0.39 is 0 Å². The van der Waals surface area contributed by atoms with Crippen LogP contribution in [0.25, 0.3) is 0 Å². The van der Waals surface area contributed by atoms with Crippen LogP contribution in [-0.2, 0) is 4.79 Å². The Kier molecular flexibility index (Phi) is 4.12. The first-order valence-electron chi connectivity index (χ1n) is 6.63. The van der Waals surface area contributed by atoms with Gasteiger partial charge < -0.3 is 21.3 Å². The zero-order chi connectivity index (χ0) is 14.7. The summed E-state index contributed by atoms with van der Waals surface area (Å²) in [6, 6.07) is 5.37. The third-order valence-electron chi connectivity index (χ3n) is 3.23. The molecule has 6 nitrogen and oxygen atoms in total. The summed E-state index contributed by atoms with van der Waals surface area (Å²) in [5.41, 5.74) is 7.48. The number of anilines is 2. The molecule has 1 aliphatic rings. The summed E-state index contributed by atoms with van der Waals surface area (Å²) < 4.78 is 0. The maximum Gasteiger partial charge on any atom is 0.253 e. The molecule has 0 saturated heterocycles. The Labute approximate surface area is 118 Å². The van der Waals surface area contributed by atoms with E-state index in [1.54, 1.807) is 37.2 Å². The van der Waals surface area contributed by atoms with Crippen molar-refractivity contribution in [3.8, 4) is 0 Å². The first-order chi connectivity index (χ1) is 9.51. The highest BCUT2D eigenvalue weighted by Gasteiger charge is 2.24. The fraction of sp³-hybridized carbons (Fsp3) is 0.429. The third-order valence-corrected chi connectivity index (χ3v) is 3.23. The predicted octanol–water partition coefficient (Wildman–Crippen LogP) is 0.343. The Morgan fingerprint density at radius 1 is 1.40 bits per heavy atom. The van der Waals surface area contributed by atoms with Crippen molar-refractivity contribution >= 4 is 23.2 Å². The molecule has 1 aliphatic carbocycles. The molecule has 0 bridgehead atoms. The normalized spacial score (nSPS) is 13.7. The van der Waals surface area contributed by atoms with Crippen LogP contribution >= 0.6 is 0 Å². The third kappa shape index (κ3) is 3.40. The minimum Gasteiger partial charge on any atom is -0.399 e. The van der Waals surface area contributed by atoms with Gasteiger partial charge in [0.05, 0.1) is 17.8 Å². The lowest BCUT2D eigenvalue weighted by Gasteiger charge is -2.22. The second-order valence-corrected chi connectivity index (χ2v) is 5.05. The van der Waals surface area contributed by atoms with E-state index in [2.05, 4.69) is 10.6 Å². The van der Waals surface area contributed by atoms with Gasteiger partial charge in [-0.3, -0.25) is 9.59 Å². The number of nitrogens with one attached hydrogen (secondary N) is 2. The minimum atomic E-state index is -0.200. The van der Waals surface area contributed by atoms with Gasteiger partial charge in [0.1, 0.15) is 0 Å². The Morgan fingerprint density at radius 2 is 2.10 bits per heavy atom. The summed E-state index contributed by atoms with van der Waals surface area (Å²) in [5.74, 6) is -0.241. The standard InChI is InChI=1S/C14H20N4O2/c1-16-14(20)11-6-3-9(15)7-12(11)18(2)8-13(19)17-10-4-5-10/h3,6-7,10H,4-5,8,15H2,1-2H3,(H,16,20)(H,17,19). The zero-order valence-electron chi connectivity index (χ0n) is 11.8. The Bertz CT molecular complexity index is 526. The Balaban J connectivity index is 2.14. The molecular weight excluding hydrogens is 256 g/mol. The summed E-state index contributed by atoms with van der Waals surface area (Å²) in [7, 11) is 3.34. The lowest BCUT2D eigenvalue weighted by molar-refractivity contribution is -0.119. The molecule has 2 rings (SSSR count). The van der Waals surface area contributed by atoms with E-state index in [0.29, 0.717) is 23.0 Å². The maximum absolute atomic E-state index is 11.8. The van der Waals surface area contributed by atoms with Crippen LogP contribution < -0.4 is 21.3 Å². The lowest BCUT2D eigenvalue weighted by atomic mass is 10.1. The van der Waals surface area contributed by atoms with E-state index in [1.165, 1.54) is 0 Å². The molecule has 2 amide bonds. The largest absolute Gasteiger partial charge is 0.399 e. The molecule has 1 fully saturated rings. The summed E-state index contributed by atoms with van der Waals surface area (Å²) >= 11 is 0. The van der Waals surface area contributed by atoms with Gasteiger partial charge >= 0.3 is 0 Å². The topological polar surface area (TPSA) is 87.5 Å². The van der Waals surface area contributed by atoms with Crippen LogP contribution in [0, 0.1) is 0 Å². The molecule has 0 atom stereocenters. The van der Waals surface area contributed by atoms with Crippen molar-refractivity contribution in [3.05, 3.63) is 23.8 Å². The second kappa shape index (κ2) is 5.81. The minimum absolute atomic E-state index is 0.0414. The van der Waals surface area contributed by atoms with Crippen LogP contribution in [0.1, 0.15) is 23.2 Å². The molecule has 0 radical (unpaired) electrons. The Hall–Kier alpha value is -2.24. The average Bonchev–Trinajstić information content (AvgIpc) is 3.21. The number of hydrogen-bond donors (Lipinski definition) is 3. The van der Waals surface area contributed by atoms with E-state index in [1.807, 2.05) is 0 Å². The van der Waals surface area contributed by atoms with Gasteiger partial charge in [0.25, 0.3) is 5.91 Å². The molecule has 0 unspecified atom stereocenters. The monoisotopic (exact) mass is 276 g/mol. The van der Waals surface area contributed by atoms with Crippen molar-refractivity contribution in [1.29, 1.82) is 0 Å². The summed E-state index contributed by atoms with van der Waals surface area (Å²) in [6.07, 6.45) is 2.11. The van der Waals surface area contributed by atoms with Gasteiger partial charge in [-0.1, -0.05) is 0 Å². The van der Waals surface area contributed by atoms with Crippen molar-refractivity contribution in [3.63, 3.8) is 0 Å².